The molecule has 2 aliphatic carbocycles. The van der Waals surface area contributed by atoms with Crippen molar-refractivity contribution in [2.24, 2.45) is 28.1 Å². The molecule has 12 atom stereocenters. The lowest BCUT2D eigenvalue weighted by molar-refractivity contribution is -0.240. The highest BCUT2D eigenvalue weighted by atomic mass is 35.5. The SMILES string of the molecule is C[C@@H]1C(=O)O[C@H]2[C@H](O)[C@@]34C5C[C@@H](C(C)(C)C)C36[C@@H](OC(=O)[C@@H]6OC(=O)[C@H](c3ccccc3Cl)N3CCc6sccc6C3)O[C@@]4(C(=O)O5)[C@@]12O. The van der Waals surface area contributed by atoms with Crippen LogP contribution >= 0.6 is 22.9 Å². The van der Waals surface area contributed by atoms with Crippen LogP contribution in [-0.2, 0) is 55.8 Å². The number of fused-ring (bicyclic) bond motifs is 2. The molecule has 2 aromatic rings. The quantitative estimate of drug-likeness (QED) is 0.353. The number of aliphatic hydroxyl groups excluding tert-OH is 1. The first-order valence-electron chi connectivity index (χ1n) is 16.6. The van der Waals surface area contributed by atoms with E-state index < -0.39 is 99.9 Å². The summed E-state index contributed by atoms with van der Waals surface area (Å²) in [6, 6.07) is 7.95. The maximum Gasteiger partial charge on any atom is 0.350 e. The van der Waals surface area contributed by atoms with Crippen LogP contribution in [0.5, 0.6) is 0 Å². The van der Waals surface area contributed by atoms with E-state index in [4.69, 9.17) is 35.3 Å². The average Bonchev–Trinajstić information content (AvgIpc) is 3.86. The molecule has 12 nitrogen and oxygen atoms in total. The Bertz CT molecular complexity index is 1840. The normalized spacial score (nSPS) is 43.7. The van der Waals surface area contributed by atoms with E-state index in [1.54, 1.807) is 35.6 Å². The van der Waals surface area contributed by atoms with Gasteiger partial charge in [-0.25, -0.2) is 14.4 Å². The molecule has 7 aliphatic rings. The molecule has 0 amide bonds. The lowest BCUT2D eigenvalue weighted by Crippen LogP contribution is -2.67. The molecule has 6 heterocycles. The van der Waals surface area contributed by atoms with Crippen molar-refractivity contribution in [3.05, 3.63) is 56.7 Å². The van der Waals surface area contributed by atoms with Gasteiger partial charge in [0.2, 0.25) is 18.0 Å². The van der Waals surface area contributed by atoms with Crippen molar-refractivity contribution >= 4 is 46.8 Å². The Hall–Kier alpha value is -3.07. The second-order valence-electron chi connectivity index (χ2n) is 15.6. The fraction of sp³-hybridized carbons (Fsp3) is 0.600. The zero-order chi connectivity index (χ0) is 34.6. The third kappa shape index (κ3) is 3.36. The third-order valence-corrected chi connectivity index (χ3v) is 14.2. The van der Waals surface area contributed by atoms with E-state index in [1.807, 2.05) is 37.1 Å². The van der Waals surface area contributed by atoms with Crippen LogP contribution < -0.4 is 0 Å². The predicted octanol–water partition coefficient (Wildman–Crippen LogP) is 2.70. The maximum atomic E-state index is 14.8. The molecule has 2 saturated carbocycles. The number of halogens is 1. The van der Waals surface area contributed by atoms with Crippen molar-refractivity contribution in [1.82, 2.24) is 4.90 Å². The summed E-state index contributed by atoms with van der Waals surface area (Å²) in [5.74, 6) is -5.39. The standard InChI is InChI=1S/C35H36ClNO11S/c1-15-26(39)45-24-23(38)33-21-13-20(31(2,3)4)32(33)25(28(41)47-30(32)48-35(33,29(42)44-21)34(15,24)43)46-27(40)22(17-7-5-6-8-18(17)36)37-11-9-19-16(14-37)10-12-49-19/h5-8,10,12,15,20-25,30,38,43H,9,11,13-14H2,1-4H3/t15-,20+,21?,22+,23+,24+,25+,30+,32?,33+,34-,35-/m1/s1. The molecule has 0 radical (unpaired) electrons. The molecular formula is C35H36ClNO11S. The predicted molar refractivity (Wildman–Crippen MR) is 169 cm³/mol. The Balaban J connectivity index is 1.21. The Kier molecular flexibility index (Phi) is 6.39. The molecule has 1 aromatic heterocycles. The Morgan fingerprint density at radius 2 is 1.88 bits per heavy atom. The first-order chi connectivity index (χ1) is 23.2. The summed E-state index contributed by atoms with van der Waals surface area (Å²) >= 11 is 8.37. The summed E-state index contributed by atoms with van der Waals surface area (Å²) in [5.41, 5.74) is -7.43. The van der Waals surface area contributed by atoms with Crippen LogP contribution in [0, 0.1) is 28.1 Å². The van der Waals surface area contributed by atoms with Gasteiger partial charge in [0.25, 0.3) is 0 Å². The number of carbonyl (C=O) groups is 4. The van der Waals surface area contributed by atoms with Crippen LogP contribution in [0.3, 0.4) is 0 Å². The monoisotopic (exact) mass is 713 g/mol. The number of esters is 4. The first-order valence-corrected chi connectivity index (χ1v) is 17.9. The Morgan fingerprint density at radius 1 is 1.12 bits per heavy atom. The smallest absolute Gasteiger partial charge is 0.350 e. The highest BCUT2D eigenvalue weighted by molar-refractivity contribution is 7.10. The van der Waals surface area contributed by atoms with Crippen molar-refractivity contribution < 1.29 is 53.1 Å². The highest BCUT2D eigenvalue weighted by Crippen LogP contribution is 2.84. The van der Waals surface area contributed by atoms with Crippen LogP contribution in [0.1, 0.15) is 56.2 Å². The number of rotatable bonds is 4. The van der Waals surface area contributed by atoms with E-state index in [2.05, 4.69) is 0 Å². The van der Waals surface area contributed by atoms with E-state index >= 15 is 0 Å². The number of benzene rings is 1. The number of hydrogen-bond acceptors (Lipinski definition) is 13. The molecule has 5 aliphatic heterocycles. The molecule has 1 aromatic carbocycles. The zero-order valence-electron chi connectivity index (χ0n) is 27.2. The second-order valence-corrected chi connectivity index (χ2v) is 17.0. The third-order valence-electron chi connectivity index (χ3n) is 12.8. The van der Waals surface area contributed by atoms with Crippen molar-refractivity contribution in [3.63, 3.8) is 0 Å². The van der Waals surface area contributed by atoms with Crippen LogP contribution in [0.15, 0.2) is 35.7 Å². The molecule has 260 valence electrons. The summed E-state index contributed by atoms with van der Waals surface area (Å²) in [5, 5.41) is 27.2. The minimum Gasteiger partial charge on any atom is -0.459 e. The highest BCUT2D eigenvalue weighted by Gasteiger charge is 3.04. The summed E-state index contributed by atoms with van der Waals surface area (Å²) in [6.45, 7) is 8.16. The van der Waals surface area contributed by atoms with Gasteiger partial charge in [-0.05, 0) is 59.7 Å². The topological polar surface area (TPSA) is 158 Å². The molecule has 2 N–H and O–H groups in total. The fourth-order valence-electron chi connectivity index (χ4n) is 11.1. The molecule has 6 fully saturated rings. The van der Waals surface area contributed by atoms with Crippen LogP contribution in [0.25, 0.3) is 0 Å². The van der Waals surface area contributed by atoms with Crippen LogP contribution in [0.4, 0.5) is 0 Å². The summed E-state index contributed by atoms with van der Waals surface area (Å²) in [4.78, 5) is 59.2. The largest absolute Gasteiger partial charge is 0.459 e. The lowest BCUT2D eigenvalue weighted by Gasteiger charge is -2.48. The summed E-state index contributed by atoms with van der Waals surface area (Å²) in [6.07, 6.45) is -6.76. The van der Waals surface area contributed by atoms with Crippen molar-refractivity contribution in [2.45, 2.75) is 95.0 Å². The van der Waals surface area contributed by atoms with Gasteiger partial charge in [0.1, 0.15) is 18.2 Å². The van der Waals surface area contributed by atoms with Crippen molar-refractivity contribution in [3.8, 4) is 0 Å². The van der Waals surface area contributed by atoms with E-state index in [1.165, 1.54) is 11.8 Å². The average molecular weight is 714 g/mol. The minimum atomic E-state index is -2.37. The number of carbonyl (C=O) groups excluding carboxylic acids is 4. The van der Waals surface area contributed by atoms with E-state index in [0.717, 1.165) is 5.56 Å². The number of nitrogens with zero attached hydrogens (tertiary/aromatic N) is 1. The molecule has 0 bridgehead atoms. The number of aliphatic hydroxyl groups is 2. The minimum absolute atomic E-state index is 0.144. The van der Waals surface area contributed by atoms with Crippen molar-refractivity contribution in [2.75, 3.05) is 6.54 Å². The molecular weight excluding hydrogens is 678 g/mol. The van der Waals surface area contributed by atoms with Gasteiger partial charge in [0, 0.05) is 23.0 Å². The van der Waals surface area contributed by atoms with Crippen molar-refractivity contribution in [1.29, 1.82) is 0 Å². The fourth-order valence-corrected chi connectivity index (χ4v) is 12.2. The number of thiophene rings is 1. The van der Waals surface area contributed by atoms with Crippen LogP contribution in [0.2, 0.25) is 5.02 Å². The molecule has 4 saturated heterocycles. The van der Waals surface area contributed by atoms with Gasteiger partial charge < -0.3 is 33.9 Å². The molecule has 14 heteroatoms. The molecule has 49 heavy (non-hydrogen) atoms. The molecule has 2 spiro atoms. The Morgan fingerprint density at radius 3 is 2.61 bits per heavy atom. The van der Waals surface area contributed by atoms with Gasteiger partial charge in [-0.3, -0.25) is 9.69 Å². The second kappa shape index (κ2) is 9.83. The van der Waals surface area contributed by atoms with E-state index in [0.29, 0.717) is 30.1 Å². The van der Waals surface area contributed by atoms with Crippen LogP contribution in [-0.4, -0.2) is 87.4 Å². The maximum absolute atomic E-state index is 14.8. The van der Waals surface area contributed by atoms with Gasteiger partial charge in [0.05, 0.1) is 16.7 Å². The zero-order valence-corrected chi connectivity index (χ0v) is 28.8. The van der Waals surface area contributed by atoms with Gasteiger partial charge in [0.15, 0.2) is 11.7 Å². The van der Waals surface area contributed by atoms with Gasteiger partial charge in [-0.15, -0.1) is 11.3 Å². The number of hydrogen-bond donors (Lipinski definition) is 2. The Labute approximate surface area is 290 Å². The van der Waals surface area contributed by atoms with Gasteiger partial charge in [-0.1, -0.05) is 50.6 Å². The van der Waals surface area contributed by atoms with E-state index in [9.17, 15) is 29.4 Å². The number of ether oxygens (including phenoxy) is 5. The van der Waals surface area contributed by atoms with Gasteiger partial charge in [-0.2, -0.15) is 0 Å². The molecule has 2 unspecified atom stereocenters. The first kappa shape index (κ1) is 31.9. The summed E-state index contributed by atoms with van der Waals surface area (Å²) in [7, 11) is 0. The molecule has 9 rings (SSSR count). The van der Waals surface area contributed by atoms with Gasteiger partial charge >= 0.3 is 23.9 Å². The van der Waals surface area contributed by atoms with E-state index in [-0.39, 0.29) is 6.42 Å². The lowest BCUT2D eigenvalue weighted by atomic mass is 9.51. The summed E-state index contributed by atoms with van der Waals surface area (Å²) < 4.78 is 30.4.